The zero-order valence-corrected chi connectivity index (χ0v) is 12.6. The zero-order valence-electron chi connectivity index (χ0n) is 12.6. The fourth-order valence-corrected chi connectivity index (χ4v) is 4.03. The molecule has 1 aliphatic carbocycles. The van der Waals surface area contributed by atoms with Gasteiger partial charge < -0.3 is 10.6 Å². The van der Waals surface area contributed by atoms with Gasteiger partial charge in [0.25, 0.3) is 0 Å². The Hall–Kier alpha value is -1.84. The number of hydrogen-bond donors (Lipinski definition) is 2. The summed E-state index contributed by atoms with van der Waals surface area (Å²) in [7, 11) is 0. The Balaban J connectivity index is 2.16. The van der Waals surface area contributed by atoms with Crippen molar-refractivity contribution < 1.29 is 9.59 Å². The molecule has 3 aliphatic rings. The Morgan fingerprint density at radius 1 is 1.33 bits per heavy atom. The third kappa shape index (κ3) is 2.04. The van der Waals surface area contributed by atoms with E-state index >= 15 is 0 Å². The molecule has 0 aromatic heterocycles. The summed E-state index contributed by atoms with van der Waals surface area (Å²) < 4.78 is 0. The molecule has 112 valence electrons. The van der Waals surface area contributed by atoms with Crippen molar-refractivity contribution in [2.24, 2.45) is 11.3 Å². The molecule has 3 atom stereocenters. The molecule has 2 amide bonds. The van der Waals surface area contributed by atoms with Gasteiger partial charge in [-0.25, -0.2) is 0 Å². The lowest BCUT2D eigenvalue weighted by atomic mass is 9.64. The third-order valence-electron chi connectivity index (χ3n) is 5.20. The smallest absolute Gasteiger partial charge is 0.247 e. The van der Waals surface area contributed by atoms with Gasteiger partial charge in [-0.2, -0.15) is 0 Å². The van der Waals surface area contributed by atoms with Crippen LogP contribution in [0.2, 0.25) is 0 Å². The van der Waals surface area contributed by atoms with E-state index in [1.807, 2.05) is 26.0 Å². The molecule has 3 unspecified atom stereocenters. The Labute approximate surface area is 125 Å². The van der Waals surface area contributed by atoms with Crippen LogP contribution in [0.5, 0.6) is 0 Å². The molecule has 2 fully saturated rings. The molecule has 3 rings (SSSR count). The maximum atomic E-state index is 12.8. The predicted octanol–water partition coefficient (Wildman–Crippen LogP) is 2.20. The van der Waals surface area contributed by atoms with Crippen LogP contribution in [-0.2, 0) is 9.59 Å². The van der Waals surface area contributed by atoms with Gasteiger partial charge in [0.2, 0.25) is 11.8 Å². The van der Waals surface area contributed by atoms with E-state index in [2.05, 4.69) is 10.6 Å². The van der Waals surface area contributed by atoms with Crippen molar-refractivity contribution in [2.45, 2.75) is 45.6 Å². The second-order valence-corrected chi connectivity index (χ2v) is 6.21. The predicted molar refractivity (Wildman–Crippen MR) is 81.1 cm³/mol. The number of carbonyl (C=O) groups excluding carboxylic acids is 2. The van der Waals surface area contributed by atoms with Crippen molar-refractivity contribution >= 4 is 11.8 Å². The molecule has 2 aliphatic heterocycles. The van der Waals surface area contributed by atoms with E-state index in [0.717, 1.165) is 30.4 Å². The topological polar surface area (TPSA) is 58.2 Å². The van der Waals surface area contributed by atoms with Gasteiger partial charge in [-0.3, -0.25) is 9.59 Å². The van der Waals surface area contributed by atoms with Crippen LogP contribution in [-0.4, -0.2) is 17.9 Å². The van der Waals surface area contributed by atoms with Crippen LogP contribution in [0.3, 0.4) is 0 Å². The van der Waals surface area contributed by atoms with Crippen molar-refractivity contribution in [2.75, 3.05) is 0 Å². The van der Waals surface area contributed by atoms with Crippen molar-refractivity contribution in [3.8, 4) is 0 Å². The molecule has 0 bridgehead atoms. The first-order valence-corrected chi connectivity index (χ1v) is 7.74. The molecule has 0 radical (unpaired) electrons. The summed E-state index contributed by atoms with van der Waals surface area (Å²) in [4.78, 5) is 24.6. The van der Waals surface area contributed by atoms with E-state index in [4.69, 9.17) is 0 Å². The molecule has 4 nitrogen and oxygen atoms in total. The Bertz CT molecular complexity index is 573. The van der Waals surface area contributed by atoms with Crippen LogP contribution in [0.25, 0.3) is 0 Å². The van der Waals surface area contributed by atoms with Gasteiger partial charge in [-0.1, -0.05) is 25.0 Å². The molecule has 2 heterocycles. The van der Waals surface area contributed by atoms with Crippen molar-refractivity contribution in [1.29, 1.82) is 0 Å². The number of nitrogens with one attached hydrogen (secondary N) is 2. The standard InChI is InChI=1S/C17H22N2O2/c1-3-11(2)13-10-18-15(20)8-9-17(13)12-6-4-5-7-14(12)19-16(17)21/h3,8-10,12,14H,4-7H2,1-2H3,(H,18,20)(H,19,21). The summed E-state index contributed by atoms with van der Waals surface area (Å²) in [5.41, 5.74) is 1.28. The largest absolute Gasteiger partial charge is 0.352 e. The highest BCUT2D eigenvalue weighted by Gasteiger charge is 2.56. The SMILES string of the molecule is CC=C(C)C1=CNC(=O)C=CC12C(=O)NC1CCCCC12. The van der Waals surface area contributed by atoms with Gasteiger partial charge in [0.1, 0.15) is 0 Å². The summed E-state index contributed by atoms with van der Waals surface area (Å²) in [5.74, 6) is 0.115. The van der Waals surface area contributed by atoms with Crippen LogP contribution >= 0.6 is 0 Å². The van der Waals surface area contributed by atoms with Crippen molar-refractivity contribution in [1.82, 2.24) is 10.6 Å². The summed E-state index contributed by atoms with van der Waals surface area (Å²) in [6, 6.07) is 0.233. The maximum Gasteiger partial charge on any atom is 0.247 e. The van der Waals surface area contributed by atoms with Gasteiger partial charge in [-0.15, -0.1) is 0 Å². The van der Waals surface area contributed by atoms with E-state index in [9.17, 15) is 9.59 Å². The molecular formula is C17H22N2O2. The van der Waals surface area contributed by atoms with Gasteiger partial charge in [-0.05, 0) is 37.8 Å². The molecule has 4 heteroatoms. The molecule has 1 spiro atoms. The third-order valence-corrected chi connectivity index (χ3v) is 5.20. The maximum absolute atomic E-state index is 12.8. The van der Waals surface area contributed by atoms with Crippen LogP contribution in [0.1, 0.15) is 39.5 Å². The van der Waals surface area contributed by atoms with Gasteiger partial charge >= 0.3 is 0 Å². The quantitative estimate of drug-likeness (QED) is 0.776. The summed E-state index contributed by atoms with van der Waals surface area (Å²) in [6.07, 6.45) is 11.5. The molecule has 0 aromatic rings. The normalized spacial score (nSPS) is 35.9. The van der Waals surface area contributed by atoms with E-state index < -0.39 is 5.41 Å². The van der Waals surface area contributed by atoms with E-state index in [-0.39, 0.29) is 23.8 Å². The molecule has 21 heavy (non-hydrogen) atoms. The Morgan fingerprint density at radius 3 is 2.86 bits per heavy atom. The van der Waals surface area contributed by atoms with E-state index in [1.165, 1.54) is 12.5 Å². The first-order valence-electron chi connectivity index (χ1n) is 7.74. The summed E-state index contributed by atoms with van der Waals surface area (Å²) in [6.45, 7) is 3.97. The highest BCUT2D eigenvalue weighted by Crippen LogP contribution is 2.51. The first kappa shape index (κ1) is 14.1. The van der Waals surface area contributed by atoms with Crippen LogP contribution in [0.4, 0.5) is 0 Å². The van der Waals surface area contributed by atoms with Gasteiger partial charge in [0.05, 0.1) is 5.41 Å². The lowest BCUT2D eigenvalue weighted by molar-refractivity contribution is -0.124. The lowest BCUT2D eigenvalue weighted by Crippen LogP contribution is -2.37. The molecule has 1 saturated heterocycles. The first-order chi connectivity index (χ1) is 10.1. The van der Waals surface area contributed by atoms with E-state index in [1.54, 1.807) is 6.20 Å². The minimum absolute atomic E-state index is 0.0413. The Kier molecular flexibility index (Phi) is 3.47. The van der Waals surface area contributed by atoms with E-state index in [0.29, 0.717) is 0 Å². The highest BCUT2D eigenvalue weighted by molar-refractivity contribution is 5.97. The molecule has 2 N–H and O–H groups in total. The average molecular weight is 286 g/mol. The summed E-state index contributed by atoms with van der Waals surface area (Å²) >= 11 is 0. The number of hydrogen-bond acceptors (Lipinski definition) is 2. The Morgan fingerprint density at radius 2 is 2.10 bits per heavy atom. The second kappa shape index (κ2) is 5.17. The van der Waals surface area contributed by atoms with Crippen LogP contribution in [0, 0.1) is 11.3 Å². The molecule has 0 aromatic carbocycles. The fourth-order valence-electron chi connectivity index (χ4n) is 4.03. The van der Waals surface area contributed by atoms with Crippen LogP contribution < -0.4 is 10.6 Å². The summed E-state index contributed by atoms with van der Waals surface area (Å²) in [5, 5.41) is 5.94. The molecule has 1 saturated carbocycles. The zero-order chi connectivity index (χ0) is 15.0. The number of amides is 2. The lowest BCUT2D eigenvalue weighted by Gasteiger charge is -2.36. The number of fused-ring (bicyclic) bond motifs is 2. The van der Waals surface area contributed by atoms with Gasteiger partial charge in [0.15, 0.2) is 0 Å². The van der Waals surface area contributed by atoms with Crippen molar-refractivity contribution in [3.63, 3.8) is 0 Å². The van der Waals surface area contributed by atoms with Gasteiger partial charge in [0, 0.05) is 24.2 Å². The fraction of sp³-hybridized carbons (Fsp3) is 0.529. The minimum Gasteiger partial charge on any atom is -0.352 e. The molecular weight excluding hydrogens is 264 g/mol. The highest BCUT2D eigenvalue weighted by atomic mass is 16.2. The van der Waals surface area contributed by atoms with Crippen molar-refractivity contribution in [3.05, 3.63) is 35.6 Å². The number of allylic oxidation sites excluding steroid dienone is 2. The minimum atomic E-state index is -0.694. The monoisotopic (exact) mass is 286 g/mol. The second-order valence-electron chi connectivity index (χ2n) is 6.21. The average Bonchev–Trinajstić information content (AvgIpc) is 2.65. The van der Waals surface area contributed by atoms with Crippen LogP contribution in [0.15, 0.2) is 35.6 Å². The number of carbonyl (C=O) groups is 2. The number of rotatable bonds is 1.